The maximum Gasteiger partial charge on any atom is 0.0743 e. The Kier molecular flexibility index (Phi) is 5.46. The van der Waals surface area contributed by atoms with E-state index in [1.54, 1.807) is 6.92 Å². The third-order valence-electron chi connectivity index (χ3n) is 1.73. The number of aliphatic hydroxyl groups excluding tert-OH is 1. The van der Waals surface area contributed by atoms with E-state index in [2.05, 4.69) is 5.32 Å². The van der Waals surface area contributed by atoms with Crippen molar-refractivity contribution in [2.45, 2.75) is 45.3 Å². The van der Waals surface area contributed by atoms with Gasteiger partial charge in [0.05, 0.1) is 11.7 Å². The zero-order valence-corrected chi connectivity index (χ0v) is 8.30. The number of nitrogens with one attached hydrogen (secondary N) is 1. The summed E-state index contributed by atoms with van der Waals surface area (Å²) < 4.78 is 0. The number of rotatable bonds is 6. The van der Waals surface area contributed by atoms with Gasteiger partial charge in [0.2, 0.25) is 0 Å². The summed E-state index contributed by atoms with van der Waals surface area (Å²) >= 11 is 0. The van der Waals surface area contributed by atoms with Gasteiger partial charge in [-0.25, -0.2) is 0 Å². The van der Waals surface area contributed by atoms with E-state index in [9.17, 15) is 5.11 Å². The van der Waals surface area contributed by atoms with Crippen molar-refractivity contribution in [3.05, 3.63) is 0 Å². The zero-order chi connectivity index (χ0) is 9.61. The summed E-state index contributed by atoms with van der Waals surface area (Å²) in [6, 6.07) is 0. The van der Waals surface area contributed by atoms with Crippen molar-refractivity contribution in [3.8, 4) is 0 Å². The van der Waals surface area contributed by atoms with Gasteiger partial charge in [0.25, 0.3) is 0 Å². The van der Waals surface area contributed by atoms with E-state index in [1.165, 1.54) is 0 Å². The van der Waals surface area contributed by atoms with Crippen LogP contribution in [0, 0.1) is 0 Å². The first kappa shape index (κ1) is 11.9. The highest BCUT2D eigenvalue weighted by Crippen LogP contribution is 2.09. The number of hydrogen-bond donors (Lipinski definition) is 3. The van der Waals surface area contributed by atoms with E-state index in [-0.39, 0.29) is 6.10 Å². The number of aliphatic hydroxyl groups is 2. The van der Waals surface area contributed by atoms with Crippen LogP contribution in [0.4, 0.5) is 0 Å². The van der Waals surface area contributed by atoms with E-state index in [0.29, 0.717) is 13.1 Å². The minimum Gasteiger partial charge on any atom is -0.392 e. The van der Waals surface area contributed by atoms with Gasteiger partial charge in [-0.15, -0.1) is 0 Å². The Hall–Kier alpha value is -0.120. The molecule has 0 bridgehead atoms. The normalized spacial score (nSPS) is 18.8. The van der Waals surface area contributed by atoms with Gasteiger partial charge in [0.15, 0.2) is 0 Å². The standard InChI is InChI=1S/C9H21NO2/c1-4-5-9(3,12)7-10-6-8(2)11/h8,10-12H,4-7H2,1-3H3/t8-,9?/m0/s1. The fourth-order valence-corrected chi connectivity index (χ4v) is 1.18. The van der Waals surface area contributed by atoms with E-state index in [4.69, 9.17) is 5.11 Å². The minimum absolute atomic E-state index is 0.345. The first-order valence-electron chi connectivity index (χ1n) is 4.59. The molecular weight excluding hydrogens is 154 g/mol. The third kappa shape index (κ3) is 6.58. The maximum absolute atomic E-state index is 9.68. The van der Waals surface area contributed by atoms with Gasteiger partial charge in [0.1, 0.15) is 0 Å². The highest BCUT2D eigenvalue weighted by molar-refractivity contribution is 4.74. The first-order valence-corrected chi connectivity index (χ1v) is 4.59. The molecule has 0 aliphatic heterocycles. The second-order valence-electron chi connectivity index (χ2n) is 3.73. The predicted octanol–water partition coefficient (Wildman–Crippen LogP) is 0.508. The van der Waals surface area contributed by atoms with Crippen LogP contribution in [-0.2, 0) is 0 Å². The van der Waals surface area contributed by atoms with Gasteiger partial charge in [-0.3, -0.25) is 0 Å². The van der Waals surface area contributed by atoms with Crippen molar-refractivity contribution in [1.82, 2.24) is 5.32 Å². The van der Waals surface area contributed by atoms with Crippen LogP contribution in [0.5, 0.6) is 0 Å². The van der Waals surface area contributed by atoms with Crippen molar-refractivity contribution in [2.24, 2.45) is 0 Å². The topological polar surface area (TPSA) is 52.5 Å². The molecule has 0 heterocycles. The van der Waals surface area contributed by atoms with Crippen LogP contribution < -0.4 is 5.32 Å². The summed E-state index contributed by atoms with van der Waals surface area (Å²) in [5.74, 6) is 0. The molecule has 0 rings (SSSR count). The van der Waals surface area contributed by atoms with E-state index < -0.39 is 5.60 Å². The molecule has 0 aromatic carbocycles. The molecule has 0 spiro atoms. The van der Waals surface area contributed by atoms with Gasteiger partial charge in [-0.1, -0.05) is 13.3 Å². The Balaban J connectivity index is 3.46. The Morgan fingerprint density at radius 1 is 1.50 bits per heavy atom. The molecule has 3 heteroatoms. The molecule has 3 nitrogen and oxygen atoms in total. The fraction of sp³-hybridized carbons (Fsp3) is 1.00. The summed E-state index contributed by atoms with van der Waals surface area (Å²) in [5.41, 5.74) is -0.635. The molecular formula is C9H21NO2. The minimum atomic E-state index is -0.635. The molecule has 12 heavy (non-hydrogen) atoms. The quantitative estimate of drug-likeness (QED) is 0.551. The molecule has 0 aromatic heterocycles. The zero-order valence-electron chi connectivity index (χ0n) is 8.30. The van der Waals surface area contributed by atoms with Crippen molar-refractivity contribution in [1.29, 1.82) is 0 Å². The van der Waals surface area contributed by atoms with Crippen molar-refractivity contribution < 1.29 is 10.2 Å². The van der Waals surface area contributed by atoms with Gasteiger partial charge < -0.3 is 15.5 Å². The lowest BCUT2D eigenvalue weighted by Crippen LogP contribution is -2.40. The molecule has 0 amide bonds. The molecule has 0 aliphatic rings. The Morgan fingerprint density at radius 3 is 2.50 bits per heavy atom. The second kappa shape index (κ2) is 5.51. The molecule has 0 aromatic rings. The summed E-state index contributed by atoms with van der Waals surface area (Å²) in [7, 11) is 0. The lowest BCUT2D eigenvalue weighted by Gasteiger charge is -2.23. The van der Waals surface area contributed by atoms with E-state index in [1.807, 2.05) is 13.8 Å². The molecule has 0 saturated heterocycles. The lowest BCUT2D eigenvalue weighted by molar-refractivity contribution is 0.0469. The molecule has 0 saturated carbocycles. The van der Waals surface area contributed by atoms with Gasteiger partial charge >= 0.3 is 0 Å². The first-order chi connectivity index (χ1) is 5.48. The molecule has 2 atom stereocenters. The van der Waals surface area contributed by atoms with Gasteiger partial charge in [0, 0.05) is 13.1 Å². The highest BCUT2D eigenvalue weighted by atomic mass is 16.3. The van der Waals surface area contributed by atoms with Crippen LogP contribution in [0.2, 0.25) is 0 Å². The van der Waals surface area contributed by atoms with Crippen molar-refractivity contribution in [3.63, 3.8) is 0 Å². The molecule has 3 N–H and O–H groups in total. The third-order valence-corrected chi connectivity index (χ3v) is 1.73. The van der Waals surface area contributed by atoms with Crippen LogP contribution in [0.25, 0.3) is 0 Å². The monoisotopic (exact) mass is 175 g/mol. The molecule has 1 unspecified atom stereocenters. The van der Waals surface area contributed by atoms with Crippen molar-refractivity contribution >= 4 is 0 Å². The van der Waals surface area contributed by atoms with Crippen LogP contribution in [0.3, 0.4) is 0 Å². The smallest absolute Gasteiger partial charge is 0.0743 e. The van der Waals surface area contributed by atoms with Crippen LogP contribution in [0.1, 0.15) is 33.6 Å². The summed E-state index contributed by atoms with van der Waals surface area (Å²) in [5, 5.41) is 21.6. The average Bonchev–Trinajstić information content (AvgIpc) is 1.85. The number of hydrogen-bond acceptors (Lipinski definition) is 3. The lowest BCUT2D eigenvalue weighted by atomic mass is 10.0. The second-order valence-corrected chi connectivity index (χ2v) is 3.73. The maximum atomic E-state index is 9.68. The van der Waals surface area contributed by atoms with Crippen LogP contribution in [-0.4, -0.2) is 35.0 Å². The van der Waals surface area contributed by atoms with E-state index in [0.717, 1.165) is 12.8 Å². The van der Waals surface area contributed by atoms with Crippen LogP contribution >= 0.6 is 0 Å². The molecule has 0 aliphatic carbocycles. The van der Waals surface area contributed by atoms with Crippen molar-refractivity contribution in [2.75, 3.05) is 13.1 Å². The Morgan fingerprint density at radius 2 is 2.08 bits per heavy atom. The van der Waals surface area contributed by atoms with Crippen LogP contribution in [0.15, 0.2) is 0 Å². The molecule has 74 valence electrons. The van der Waals surface area contributed by atoms with Gasteiger partial charge in [-0.2, -0.15) is 0 Å². The summed E-state index contributed by atoms with van der Waals surface area (Å²) in [4.78, 5) is 0. The van der Waals surface area contributed by atoms with Gasteiger partial charge in [-0.05, 0) is 20.3 Å². The largest absolute Gasteiger partial charge is 0.392 e. The van der Waals surface area contributed by atoms with E-state index >= 15 is 0 Å². The predicted molar refractivity (Wildman–Crippen MR) is 50.1 cm³/mol. The summed E-state index contributed by atoms with van der Waals surface area (Å²) in [6.45, 7) is 6.67. The highest BCUT2D eigenvalue weighted by Gasteiger charge is 2.17. The fourth-order valence-electron chi connectivity index (χ4n) is 1.18. The Labute approximate surface area is 74.8 Å². The molecule has 0 radical (unpaired) electrons. The Bertz CT molecular complexity index is 113. The SMILES string of the molecule is CCCC(C)(O)CNC[C@H](C)O. The summed E-state index contributed by atoms with van der Waals surface area (Å²) in [6.07, 6.45) is 1.42. The average molecular weight is 175 g/mol. The molecule has 0 fully saturated rings.